The number of hydrogen-bond acceptors (Lipinski definition) is 2. The highest BCUT2D eigenvalue weighted by Crippen LogP contribution is 2.29. The zero-order valence-corrected chi connectivity index (χ0v) is 11.8. The van der Waals surface area contributed by atoms with Crippen molar-refractivity contribution in [2.24, 2.45) is 11.8 Å². The number of aliphatic carboxylic acids is 1. The Hall–Kier alpha value is -1.84. The third kappa shape index (κ3) is 3.38. The first-order valence-corrected chi connectivity index (χ1v) is 7.16. The maximum absolute atomic E-state index is 12.1. The fraction of sp³-hybridized carbons (Fsp3) is 0.500. The van der Waals surface area contributed by atoms with E-state index in [1.54, 1.807) is 6.07 Å². The van der Waals surface area contributed by atoms with Gasteiger partial charge < -0.3 is 10.4 Å². The van der Waals surface area contributed by atoms with Gasteiger partial charge >= 0.3 is 5.97 Å². The van der Waals surface area contributed by atoms with Gasteiger partial charge in [0.1, 0.15) is 0 Å². The van der Waals surface area contributed by atoms with Gasteiger partial charge in [-0.05, 0) is 37.3 Å². The van der Waals surface area contributed by atoms with Gasteiger partial charge in [-0.15, -0.1) is 0 Å². The summed E-state index contributed by atoms with van der Waals surface area (Å²) in [5.41, 5.74) is 1.60. The van der Waals surface area contributed by atoms with Gasteiger partial charge in [0.15, 0.2) is 0 Å². The van der Waals surface area contributed by atoms with Gasteiger partial charge in [-0.1, -0.05) is 31.0 Å². The van der Waals surface area contributed by atoms with Gasteiger partial charge in [0.05, 0.1) is 5.92 Å². The molecule has 0 spiro atoms. The molecule has 1 aromatic carbocycles. The molecule has 1 amide bonds. The minimum atomic E-state index is -0.736. The summed E-state index contributed by atoms with van der Waals surface area (Å²) in [5.74, 6) is -1.12. The first-order chi connectivity index (χ1) is 9.59. The first kappa shape index (κ1) is 14.6. The van der Waals surface area contributed by atoms with Crippen LogP contribution in [0.1, 0.15) is 41.6 Å². The van der Waals surface area contributed by atoms with E-state index in [1.807, 2.05) is 25.1 Å². The van der Waals surface area contributed by atoms with Crippen molar-refractivity contribution in [3.8, 4) is 0 Å². The molecule has 20 heavy (non-hydrogen) atoms. The molecule has 0 radical (unpaired) electrons. The fourth-order valence-corrected chi connectivity index (χ4v) is 2.92. The maximum Gasteiger partial charge on any atom is 0.306 e. The van der Waals surface area contributed by atoms with Crippen molar-refractivity contribution < 1.29 is 14.7 Å². The van der Waals surface area contributed by atoms with E-state index in [1.165, 1.54) is 0 Å². The van der Waals surface area contributed by atoms with Crippen molar-refractivity contribution in [3.05, 3.63) is 35.4 Å². The van der Waals surface area contributed by atoms with Gasteiger partial charge in [0, 0.05) is 12.1 Å². The average Bonchev–Trinajstić information content (AvgIpc) is 2.45. The number of carbonyl (C=O) groups is 2. The number of rotatable bonds is 4. The monoisotopic (exact) mass is 275 g/mol. The molecule has 1 saturated carbocycles. The summed E-state index contributed by atoms with van der Waals surface area (Å²) in [6.45, 7) is 2.35. The van der Waals surface area contributed by atoms with Gasteiger partial charge in [0.25, 0.3) is 5.91 Å². The quantitative estimate of drug-likeness (QED) is 0.887. The van der Waals surface area contributed by atoms with Crippen LogP contribution in [-0.2, 0) is 4.79 Å². The number of carbonyl (C=O) groups excluding carboxylic acids is 1. The molecule has 0 heterocycles. The summed E-state index contributed by atoms with van der Waals surface area (Å²) >= 11 is 0. The van der Waals surface area contributed by atoms with E-state index < -0.39 is 5.97 Å². The Morgan fingerprint density at radius 2 is 1.95 bits per heavy atom. The molecule has 2 atom stereocenters. The molecule has 4 heteroatoms. The Labute approximate surface area is 119 Å². The zero-order valence-electron chi connectivity index (χ0n) is 11.8. The van der Waals surface area contributed by atoms with E-state index in [0.29, 0.717) is 12.1 Å². The van der Waals surface area contributed by atoms with E-state index >= 15 is 0 Å². The zero-order chi connectivity index (χ0) is 14.5. The lowest BCUT2D eigenvalue weighted by atomic mass is 9.79. The number of benzene rings is 1. The molecule has 108 valence electrons. The smallest absolute Gasteiger partial charge is 0.306 e. The largest absolute Gasteiger partial charge is 0.481 e. The molecule has 1 fully saturated rings. The average molecular weight is 275 g/mol. The molecular weight excluding hydrogens is 254 g/mol. The third-order valence-electron chi connectivity index (χ3n) is 4.14. The van der Waals surface area contributed by atoms with E-state index in [9.17, 15) is 14.7 Å². The van der Waals surface area contributed by atoms with Crippen LogP contribution >= 0.6 is 0 Å². The normalized spacial score (nSPS) is 22.2. The lowest BCUT2D eigenvalue weighted by Gasteiger charge is -2.28. The van der Waals surface area contributed by atoms with Crippen molar-refractivity contribution in [1.82, 2.24) is 5.32 Å². The first-order valence-electron chi connectivity index (χ1n) is 7.16. The second-order valence-corrected chi connectivity index (χ2v) is 5.51. The minimum absolute atomic E-state index is 0.0502. The summed E-state index contributed by atoms with van der Waals surface area (Å²) in [6, 6.07) is 7.42. The van der Waals surface area contributed by atoms with Crippen LogP contribution in [-0.4, -0.2) is 23.5 Å². The number of carboxylic acids is 1. The molecule has 0 bridgehead atoms. The van der Waals surface area contributed by atoms with E-state index in [2.05, 4.69) is 5.32 Å². The number of nitrogens with one attached hydrogen (secondary N) is 1. The molecule has 1 aliphatic carbocycles. The van der Waals surface area contributed by atoms with Crippen molar-refractivity contribution in [2.75, 3.05) is 6.54 Å². The second-order valence-electron chi connectivity index (χ2n) is 5.51. The molecule has 1 aromatic rings. The lowest BCUT2D eigenvalue weighted by Crippen LogP contribution is -2.37. The molecular formula is C16H21NO3. The molecule has 2 N–H and O–H groups in total. The Morgan fingerprint density at radius 3 is 2.65 bits per heavy atom. The van der Waals surface area contributed by atoms with Crippen LogP contribution in [0.3, 0.4) is 0 Å². The van der Waals surface area contributed by atoms with Gasteiger partial charge in [0.2, 0.25) is 0 Å². The highest BCUT2D eigenvalue weighted by Gasteiger charge is 2.30. The van der Waals surface area contributed by atoms with E-state index in [-0.39, 0.29) is 17.7 Å². The van der Waals surface area contributed by atoms with Crippen LogP contribution in [0.15, 0.2) is 24.3 Å². The van der Waals surface area contributed by atoms with Crippen molar-refractivity contribution in [2.45, 2.75) is 32.6 Å². The summed E-state index contributed by atoms with van der Waals surface area (Å²) < 4.78 is 0. The van der Waals surface area contributed by atoms with E-state index in [4.69, 9.17) is 0 Å². The number of hydrogen-bond donors (Lipinski definition) is 2. The van der Waals surface area contributed by atoms with Gasteiger partial charge in [-0.3, -0.25) is 9.59 Å². The number of aryl methyl sites for hydroxylation is 1. The van der Waals surface area contributed by atoms with Crippen LogP contribution in [0.25, 0.3) is 0 Å². The van der Waals surface area contributed by atoms with E-state index in [0.717, 1.165) is 31.2 Å². The molecule has 0 saturated heterocycles. The Kier molecular flexibility index (Phi) is 4.77. The predicted molar refractivity (Wildman–Crippen MR) is 76.6 cm³/mol. The minimum Gasteiger partial charge on any atom is -0.481 e. The van der Waals surface area contributed by atoms with Crippen LogP contribution in [0.4, 0.5) is 0 Å². The SMILES string of the molecule is Cc1ccccc1C(=O)NCC1CCCCC1C(=O)O. The summed E-state index contributed by atoms with van der Waals surface area (Å²) in [7, 11) is 0. The molecule has 2 unspecified atom stereocenters. The lowest BCUT2D eigenvalue weighted by molar-refractivity contribution is -0.144. The molecule has 0 aromatic heterocycles. The number of amides is 1. The maximum atomic E-state index is 12.1. The van der Waals surface area contributed by atoms with Crippen molar-refractivity contribution >= 4 is 11.9 Å². The Balaban J connectivity index is 1.95. The standard InChI is InChI=1S/C16H21NO3/c1-11-6-2-4-8-13(11)15(18)17-10-12-7-3-5-9-14(12)16(19)20/h2,4,6,8,12,14H,3,5,7,9-10H2,1H3,(H,17,18)(H,19,20). The second kappa shape index (κ2) is 6.55. The number of carboxylic acid groups (broad SMARTS) is 1. The van der Waals surface area contributed by atoms with Crippen molar-refractivity contribution in [3.63, 3.8) is 0 Å². The van der Waals surface area contributed by atoms with Gasteiger partial charge in [-0.25, -0.2) is 0 Å². The third-order valence-corrected chi connectivity index (χ3v) is 4.14. The fourth-order valence-electron chi connectivity index (χ4n) is 2.92. The van der Waals surface area contributed by atoms with Crippen molar-refractivity contribution in [1.29, 1.82) is 0 Å². The summed E-state index contributed by atoms with van der Waals surface area (Å²) in [6.07, 6.45) is 3.62. The molecule has 4 nitrogen and oxygen atoms in total. The molecule has 1 aliphatic rings. The molecule has 0 aliphatic heterocycles. The van der Waals surface area contributed by atoms with Crippen LogP contribution in [0.2, 0.25) is 0 Å². The highest BCUT2D eigenvalue weighted by atomic mass is 16.4. The van der Waals surface area contributed by atoms with Crippen LogP contribution < -0.4 is 5.32 Å². The van der Waals surface area contributed by atoms with Gasteiger partial charge in [-0.2, -0.15) is 0 Å². The summed E-state index contributed by atoms with van der Waals surface area (Å²) in [5, 5.41) is 12.1. The molecule has 2 rings (SSSR count). The predicted octanol–water partition coefficient (Wildman–Crippen LogP) is 2.62. The summed E-state index contributed by atoms with van der Waals surface area (Å²) in [4.78, 5) is 23.3. The Bertz CT molecular complexity index is 498. The van der Waals surface area contributed by atoms with Crippen LogP contribution in [0.5, 0.6) is 0 Å². The van der Waals surface area contributed by atoms with Crippen LogP contribution in [0, 0.1) is 18.8 Å². The topological polar surface area (TPSA) is 66.4 Å². The Morgan fingerprint density at radius 1 is 1.25 bits per heavy atom. The highest BCUT2D eigenvalue weighted by molar-refractivity contribution is 5.95.